The zero-order chi connectivity index (χ0) is 16.5. The predicted molar refractivity (Wildman–Crippen MR) is 102 cm³/mol. The fraction of sp³-hybridized carbons (Fsp3) is 0.333. The molecule has 4 nitrogen and oxygen atoms in total. The van der Waals surface area contributed by atoms with Crippen molar-refractivity contribution < 1.29 is 4.79 Å². The quantitative estimate of drug-likeness (QED) is 0.727. The van der Waals surface area contributed by atoms with Crippen LogP contribution in [0, 0.1) is 0 Å². The van der Waals surface area contributed by atoms with E-state index in [-0.39, 0.29) is 5.91 Å². The molecule has 1 amide bonds. The topological polar surface area (TPSA) is 54.0 Å². The molecule has 0 saturated heterocycles. The first-order valence-electron chi connectivity index (χ1n) is 8.27. The lowest BCUT2D eigenvalue weighted by atomic mass is 10.0. The Morgan fingerprint density at radius 3 is 3.04 bits per heavy atom. The number of benzene rings is 1. The van der Waals surface area contributed by atoms with Gasteiger partial charge in [-0.15, -0.1) is 22.7 Å². The summed E-state index contributed by atoms with van der Waals surface area (Å²) in [6.45, 7) is 3.88. The molecule has 0 spiro atoms. The monoisotopic (exact) mass is 357 g/mol. The van der Waals surface area contributed by atoms with E-state index < -0.39 is 0 Å². The standard InChI is InChI=1S/C18H19N3OS2/c1-2-5-15(22)21-18-16(11-8-9-19-10-14(11)24-18)17-20-12-6-3-4-7-13(12)23-17/h3-4,6-7,19H,2,5,8-10H2,1H3,(H,21,22). The van der Waals surface area contributed by atoms with Gasteiger partial charge in [-0.25, -0.2) is 4.98 Å². The number of rotatable bonds is 4. The van der Waals surface area contributed by atoms with Gasteiger partial charge in [0.1, 0.15) is 10.0 Å². The average molecular weight is 358 g/mol. The molecule has 3 aromatic rings. The molecule has 124 valence electrons. The van der Waals surface area contributed by atoms with E-state index in [0.29, 0.717) is 6.42 Å². The number of nitrogens with zero attached hydrogens (tertiary/aromatic N) is 1. The number of hydrogen-bond donors (Lipinski definition) is 2. The van der Waals surface area contributed by atoms with Crippen LogP contribution in [0.1, 0.15) is 30.2 Å². The molecule has 0 bridgehead atoms. The molecular formula is C18H19N3OS2. The van der Waals surface area contributed by atoms with Crippen LogP contribution in [0.2, 0.25) is 0 Å². The van der Waals surface area contributed by atoms with E-state index in [4.69, 9.17) is 4.98 Å². The molecule has 3 heterocycles. The fourth-order valence-electron chi connectivity index (χ4n) is 3.04. The molecule has 0 unspecified atom stereocenters. The Bertz CT molecular complexity index is 864. The van der Waals surface area contributed by atoms with E-state index in [2.05, 4.69) is 16.7 Å². The van der Waals surface area contributed by atoms with Crippen molar-refractivity contribution >= 4 is 43.8 Å². The van der Waals surface area contributed by atoms with Gasteiger partial charge in [0.2, 0.25) is 5.91 Å². The highest BCUT2D eigenvalue weighted by molar-refractivity contribution is 7.22. The largest absolute Gasteiger partial charge is 0.317 e. The summed E-state index contributed by atoms with van der Waals surface area (Å²) in [6, 6.07) is 8.21. The number of fused-ring (bicyclic) bond motifs is 2. The molecule has 2 N–H and O–H groups in total. The maximum Gasteiger partial charge on any atom is 0.224 e. The number of aromatic nitrogens is 1. The van der Waals surface area contributed by atoms with Gasteiger partial charge in [0.25, 0.3) is 0 Å². The average Bonchev–Trinajstić information content (AvgIpc) is 3.14. The lowest BCUT2D eigenvalue weighted by Crippen LogP contribution is -2.22. The molecule has 1 aliphatic heterocycles. The highest BCUT2D eigenvalue weighted by Crippen LogP contribution is 2.44. The summed E-state index contributed by atoms with van der Waals surface area (Å²) < 4.78 is 1.19. The van der Waals surface area contributed by atoms with Crippen molar-refractivity contribution in [2.75, 3.05) is 11.9 Å². The van der Waals surface area contributed by atoms with Crippen LogP contribution in [-0.2, 0) is 17.8 Å². The normalized spacial score (nSPS) is 13.9. The molecule has 0 aliphatic carbocycles. The first-order valence-corrected chi connectivity index (χ1v) is 9.90. The minimum absolute atomic E-state index is 0.0893. The van der Waals surface area contributed by atoms with Gasteiger partial charge in [-0.05, 0) is 37.1 Å². The number of thiazole rings is 1. The van der Waals surface area contributed by atoms with Gasteiger partial charge in [0.15, 0.2) is 0 Å². The minimum atomic E-state index is 0.0893. The zero-order valence-electron chi connectivity index (χ0n) is 13.5. The molecule has 2 aromatic heterocycles. The smallest absolute Gasteiger partial charge is 0.224 e. The number of hydrogen-bond acceptors (Lipinski definition) is 5. The lowest BCUT2D eigenvalue weighted by Gasteiger charge is -2.13. The molecule has 1 aromatic carbocycles. The molecule has 4 rings (SSSR count). The number of carbonyl (C=O) groups is 1. The molecule has 24 heavy (non-hydrogen) atoms. The third-order valence-electron chi connectivity index (χ3n) is 4.17. The summed E-state index contributed by atoms with van der Waals surface area (Å²) in [5.74, 6) is 0.0893. The van der Waals surface area contributed by atoms with Crippen molar-refractivity contribution in [1.82, 2.24) is 10.3 Å². The van der Waals surface area contributed by atoms with E-state index in [1.165, 1.54) is 15.1 Å². The third kappa shape index (κ3) is 2.85. The van der Waals surface area contributed by atoms with E-state index in [0.717, 1.165) is 47.0 Å². The van der Waals surface area contributed by atoms with Gasteiger partial charge in [-0.2, -0.15) is 0 Å². The molecule has 0 atom stereocenters. The van der Waals surface area contributed by atoms with Gasteiger partial charge in [0, 0.05) is 23.4 Å². The Kier molecular flexibility index (Phi) is 4.35. The lowest BCUT2D eigenvalue weighted by molar-refractivity contribution is -0.116. The number of para-hydroxylation sites is 1. The van der Waals surface area contributed by atoms with Crippen LogP contribution < -0.4 is 10.6 Å². The molecule has 6 heteroatoms. The Hall–Kier alpha value is -1.76. The second-order valence-corrected chi connectivity index (χ2v) is 8.06. The fourth-order valence-corrected chi connectivity index (χ4v) is 5.39. The summed E-state index contributed by atoms with van der Waals surface area (Å²) in [6.07, 6.45) is 2.40. The molecular weight excluding hydrogens is 338 g/mol. The number of anilines is 1. The van der Waals surface area contributed by atoms with Gasteiger partial charge in [0.05, 0.1) is 10.2 Å². The van der Waals surface area contributed by atoms with Crippen LogP contribution in [0.3, 0.4) is 0 Å². The predicted octanol–water partition coefficient (Wildman–Crippen LogP) is 4.41. The highest BCUT2D eigenvalue weighted by Gasteiger charge is 2.24. The number of carbonyl (C=O) groups excluding carboxylic acids is 1. The first kappa shape index (κ1) is 15.7. The Morgan fingerprint density at radius 1 is 1.33 bits per heavy atom. The molecule has 0 radical (unpaired) electrons. The van der Waals surface area contributed by atoms with Gasteiger partial charge in [-0.3, -0.25) is 4.79 Å². The maximum absolute atomic E-state index is 12.1. The van der Waals surface area contributed by atoms with Crippen molar-refractivity contribution in [3.63, 3.8) is 0 Å². The van der Waals surface area contributed by atoms with Crippen LogP contribution in [0.25, 0.3) is 20.8 Å². The first-order chi connectivity index (χ1) is 11.8. The third-order valence-corrected chi connectivity index (χ3v) is 6.37. The van der Waals surface area contributed by atoms with Crippen molar-refractivity contribution in [2.45, 2.75) is 32.7 Å². The van der Waals surface area contributed by atoms with Gasteiger partial charge in [-0.1, -0.05) is 19.1 Å². The van der Waals surface area contributed by atoms with Crippen LogP contribution in [0.15, 0.2) is 24.3 Å². The summed E-state index contributed by atoms with van der Waals surface area (Å²) in [7, 11) is 0. The Labute approximate surface area is 148 Å². The number of thiophene rings is 1. The summed E-state index contributed by atoms with van der Waals surface area (Å²) in [5, 5.41) is 8.52. The van der Waals surface area contributed by atoms with Gasteiger partial charge >= 0.3 is 0 Å². The SMILES string of the molecule is CCCC(=O)Nc1sc2c(c1-c1nc3ccccc3s1)CCNC2. The number of nitrogens with one attached hydrogen (secondary N) is 2. The van der Waals surface area contributed by atoms with Crippen LogP contribution in [0.5, 0.6) is 0 Å². The summed E-state index contributed by atoms with van der Waals surface area (Å²) in [4.78, 5) is 18.3. The van der Waals surface area contributed by atoms with Crippen LogP contribution in [-0.4, -0.2) is 17.4 Å². The molecule has 0 saturated carbocycles. The summed E-state index contributed by atoms with van der Waals surface area (Å²) in [5.41, 5.74) is 3.52. The Balaban J connectivity index is 1.82. The van der Waals surface area contributed by atoms with Crippen LogP contribution >= 0.6 is 22.7 Å². The zero-order valence-corrected chi connectivity index (χ0v) is 15.1. The van der Waals surface area contributed by atoms with Gasteiger partial charge < -0.3 is 10.6 Å². The molecule has 0 fully saturated rings. The second kappa shape index (κ2) is 6.63. The summed E-state index contributed by atoms with van der Waals surface area (Å²) >= 11 is 3.40. The maximum atomic E-state index is 12.1. The van der Waals surface area contributed by atoms with Crippen molar-refractivity contribution in [1.29, 1.82) is 0 Å². The minimum Gasteiger partial charge on any atom is -0.317 e. The second-order valence-electron chi connectivity index (χ2n) is 5.92. The van der Waals surface area contributed by atoms with E-state index in [1.807, 2.05) is 25.1 Å². The van der Waals surface area contributed by atoms with E-state index >= 15 is 0 Å². The van der Waals surface area contributed by atoms with Crippen molar-refractivity contribution in [3.8, 4) is 10.6 Å². The highest BCUT2D eigenvalue weighted by atomic mass is 32.1. The van der Waals surface area contributed by atoms with Crippen molar-refractivity contribution in [3.05, 3.63) is 34.7 Å². The number of amides is 1. The Morgan fingerprint density at radius 2 is 2.21 bits per heavy atom. The van der Waals surface area contributed by atoms with E-state index in [9.17, 15) is 4.79 Å². The molecule has 1 aliphatic rings. The van der Waals surface area contributed by atoms with E-state index in [1.54, 1.807) is 22.7 Å². The van der Waals surface area contributed by atoms with Crippen LogP contribution in [0.4, 0.5) is 5.00 Å². The van der Waals surface area contributed by atoms with Crippen molar-refractivity contribution in [2.24, 2.45) is 0 Å².